The summed E-state index contributed by atoms with van der Waals surface area (Å²) in [6.07, 6.45) is -3.66. The van der Waals surface area contributed by atoms with Crippen LogP contribution in [0, 0.1) is 12.7 Å². The first-order valence-corrected chi connectivity index (χ1v) is 11.3. The maximum atomic E-state index is 13.5. The number of aliphatic hydroxyl groups excluding tert-OH is 1. The number of alkyl halides is 3. The van der Waals surface area contributed by atoms with E-state index in [-0.39, 0.29) is 18.5 Å². The summed E-state index contributed by atoms with van der Waals surface area (Å²) in [6, 6.07) is 13.6. The van der Waals surface area contributed by atoms with Crippen molar-refractivity contribution in [2.24, 2.45) is 0 Å². The summed E-state index contributed by atoms with van der Waals surface area (Å²) in [4.78, 5) is 13.4. The molecule has 0 fully saturated rings. The van der Waals surface area contributed by atoms with E-state index in [2.05, 4.69) is 10.2 Å². The molecule has 0 bridgehead atoms. The number of ketones is 1. The average molecular weight is 521 g/mol. The van der Waals surface area contributed by atoms with Crippen molar-refractivity contribution in [2.45, 2.75) is 32.0 Å². The minimum Gasteiger partial charge on any atom is -0.396 e. The van der Waals surface area contributed by atoms with E-state index in [1.807, 2.05) is 30.3 Å². The van der Waals surface area contributed by atoms with Crippen molar-refractivity contribution in [2.75, 3.05) is 6.61 Å². The molecule has 6 nitrogen and oxygen atoms in total. The van der Waals surface area contributed by atoms with E-state index in [9.17, 15) is 27.5 Å². The molecular formula is C25H21ClF4N4O2. The molecule has 0 saturated carbocycles. The summed E-state index contributed by atoms with van der Waals surface area (Å²) in [6.45, 7) is 0.888. The zero-order valence-corrected chi connectivity index (χ0v) is 19.8. The van der Waals surface area contributed by atoms with Crippen LogP contribution in [-0.2, 0) is 17.4 Å². The summed E-state index contributed by atoms with van der Waals surface area (Å²) >= 11 is 5.88. The van der Waals surface area contributed by atoms with Gasteiger partial charge in [-0.15, -0.1) is 0 Å². The van der Waals surface area contributed by atoms with Gasteiger partial charge in [-0.25, -0.2) is 9.07 Å². The van der Waals surface area contributed by atoms with E-state index in [0.717, 1.165) is 10.2 Å². The normalized spacial score (nSPS) is 12.6. The monoisotopic (exact) mass is 520 g/mol. The van der Waals surface area contributed by atoms with E-state index in [1.54, 1.807) is 16.8 Å². The van der Waals surface area contributed by atoms with Gasteiger partial charge in [0.25, 0.3) is 0 Å². The number of hydrogen-bond donors (Lipinski definition) is 1. The lowest BCUT2D eigenvalue weighted by Gasteiger charge is -2.18. The lowest BCUT2D eigenvalue weighted by atomic mass is 9.99. The molecule has 0 radical (unpaired) electrons. The number of carbonyl (C=O) groups is 1. The second kappa shape index (κ2) is 10.2. The van der Waals surface area contributed by atoms with Crippen LogP contribution in [0.25, 0.3) is 16.9 Å². The number of carbonyl (C=O) groups excluding carboxylic acids is 1. The molecule has 2 aromatic heterocycles. The van der Waals surface area contributed by atoms with Crippen LogP contribution in [0.4, 0.5) is 17.6 Å². The van der Waals surface area contributed by atoms with Crippen molar-refractivity contribution in [1.82, 2.24) is 19.6 Å². The van der Waals surface area contributed by atoms with Crippen molar-refractivity contribution >= 4 is 17.4 Å². The molecule has 2 heterocycles. The third-order valence-corrected chi connectivity index (χ3v) is 6.20. The summed E-state index contributed by atoms with van der Waals surface area (Å²) < 4.78 is 56.0. The molecular weight excluding hydrogens is 500 g/mol. The zero-order chi connectivity index (χ0) is 26.0. The van der Waals surface area contributed by atoms with Gasteiger partial charge < -0.3 is 5.11 Å². The number of nitrogens with zero attached hydrogens (tertiary/aromatic N) is 4. The number of hydrogen-bond acceptors (Lipinski definition) is 4. The van der Waals surface area contributed by atoms with Crippen molar-refractivity contribution in [3.63, 3.8) is 0 Å². The van der Waals surface area contributed by atoms with Crippen LogP contribution in [0.3, 0.4) is 0 Å². The number of Topliss-reactive ketones (excluding diaryl/α,β-unsaturated/α-hetero) is 1. The summed E-state index contributed by atoms with van der Waals surface area (Å²) in [5, 5.41) is 16.9. The summed E-state index contributed by atoms with van der Waals surface area (Å²) in [5.74, 6) is -0.892. The molecule has 0 saturated heterocycles. The van der Waals surface area contributed by atoms with Gasteiger partial charge in [-0.05, 0) is 37.6 Å². The highest BCUT2D eigenvalue weighted by Gasteiger charge is 2.39. The van der Waals surface area contributed by atoms with Crippen LogP contribution >= 0.6 is 11.6 Å². The first-order valence-electron chi connectivity index (χ1n) is 11.0. The van der Waals surface area contributed by atoms with Crippen LogP contribution in [0.5, 0.6) is 0 Å². The maximum Gasteiger partial charge on any atom is 0.436 e. The molecule has 1 unspecified atom stereocenters. The van der Waals surface area contributed by atoms with Gasteiger partial charge in [0.05, 0.1) is 28.3 Å². The Morgan fingerprint density at radius 2 is 1.78 bits per heavy atom. The highest BCUT2D eigenvalue weighted by atomic mass is 35.5. The molecule has 11 heteroatoms. The molecule has 1 N–H and O–H groups in total. The maximum absolute atomic E-state index is 13.5. The van der Waals surface area contributed by atoms with E-state index < -0.39 is 41.1 Å². The third-order valence-electron chi connectivity index (χ3n) is 5.74. The second-order valence-corrected chi connectivity index (χ2v) is 8.51. The lowest BCUT2D eigenvalue weighted by molar-refractivity contribution is -0.141. The highest BCUT2D eigenvalue weighted by Crippen LogP contribution is 2.37. The Hall–Kier alpha value is -3.50. The minimum absolute atomic E-state index is 0.0268. The molecule has 0 aliphatic rings. The van der Waals surface area contributed by atoms with Gasteiger partial charge in [-0.3, -0.25) is 9.48 Å². The summed E-state index contributed by atoms with van der Waals surface area (Å²) in [5.41, 5.74) is 1.06. The number of halogens is 5. The fraction of sp³-hybridized carbons (Fsp3) is 0.240. The molecule has 36 heavy (non-hydrogen) atoms. The lowest BCUT2D eigenvalue weighted by Crippen LogP contribution is -2.25. The Labute approximate surface area is 208 Å². The van der Waals surface area contributed by atoms with Gasteiger partial charge >= 0.3 is 6.18 Å². The molecule has 0 spiro atoms. The average Bonchev–Trinajstić information content (AvgIpc) is 3.39. The zero-order valence-electron chi connectivity index (χ0n) is 19.0. The molecule has 188 valence electrons. The van der Waals surface area contributed by atoms with Gasteiger partial charge in [0.15, 0.2) is 11.5 Å². The van der Waals surface area contributed by atoms with Gasteiger partial charge in [-0.2, -0.15) is 23.4 Å². The molecule has 4 rings (SSSR count). The van der Waals surface area contributed by atoms with Crippen LogP contribution in [0.2, 0.25) is 5.02 Å². The largest absolute Gasteiger partial charge is 0.436 e. The number of benzene rings is 2. The van der Waals surface area contributed by atoms with Crippen molar-refractivity contribution in [1.29, 1.82) is 0 Å². The standard InChI is InChI=1S/C25H21ClF4N4O2/c1-15-22(26)24(25(28,29)30)32-33(15)20(11-12-35)21(36)13-17-14-31-34(19-9-7-18(27)8-10-19)23(17)16-5-3-2-4-6-16/h2-10,14,20,35H,11-13H2,1H3. The van der Waals surface area contributed by atoms with Crippen molar-refractivity contribution in [3.05, 3.63) is 88.6 Å². The minimum atomic E-state index is -4.79. The number of rotatable bonds is 8. The van der Waals surface area contributed by atoms with E-state index in [1.165, 1.54) is 25.3 Å². The Bertz CT molecular complexity index is 1370. The predicted octanol–water partition coefficient (Wildman–Crippen LogP) is 5.59. The van der Waals surface area contributed by atoms with E-state index in [0.29, 0.717) is 16.9 Å². The van der Waals surface area contributed by atoms with Gasteiger partial charge in [0.1, 0.15) is 11.9 Å². The quantitative estimate of drug-likeness (QED) is 0.307. The molecule has 0 aliphatic heterocycles. The van der Waals surface area contributed by atoms with Crippen molar-refractivity contribution < 1.29 is 27.5 Å². The molecule has 0 aliphatic carbocycles. The van der Waals surface area contributed by atoms with Gasteiger partial charge in [0, 0.05) is 24.2 Å². The van der Waals surface area contributed by atoms with Crippen LogP contribution in [0.15, 0.2) is 60.8 Å². The molecule has 4 aromatic rings. The molecule has 1 atom stereocenters. The van der Waals surface area contributed by atoms with Crippen LogP contribution < -0.4 is 0 Å². The predicted molar refractivity (Wildman–Crippen MR) is 125 cm³/mol. The van der Waals surface area contributed by atoms with E-state index in [4.69, 9.17) is 11.6 Å². The van der Waals surface area contributed by atoms with Crippen LogP contribution in [-0.4, -0.2) is 37.1 Å². The molecule has 0 amide bonds. The smallest absolute Gasteiger partial charge is 0.396 e. The third kappa shape index (κ3) is 5.05. The van der Waals surface area contributed by atoms with Gasteiger partial charge in [0.2, 0.25) is 0 Å². The number of aliphatic hydroxyl groups is 1. The fourth-order valence-corrected chi connectivity index (χ4v) is 4.26. The first kappa shape index (κ1) is 25.6. The Morgan fingerprint density at radius 3 is 2.36 bits per heavy atom. The molecule has 2 aromatic carbocycles. The van der Waals surface area contributed by atoms with Gasteiger partial charge in [-0.1, -0.05) is 41.9 Å². The summed E-state index contributed by atoms with van der Waals surface area (Å²) in [7, 11) is 0. The van der Waals surface area contributed by atoms with E-state index >= 15 is 0 Å². The fourth-order valence-electron chi connectivity index (χ4n) is 4.02. The second-order valence-electron chi connectivity index (χ2n) is 8.13. The SMILES string of the molecule is Cc1c(Cl)c(C(F)(F)F)nn1C(CCO)C(=O)Cc1cnn(-c2ccc(F)cc2)c1-c1ccccc1. The van der Waals surface area contributed by atoms with Crippen molar-refractivity contribution in [3.8, 4) is 16.9 Å². The Morgan fingerprint density at radius 1 is 1.11 bits per heavy atom. The van der Waals surface area contributed by atoms with Crippen LogP contribution in [0.1, 0.15) is 29.4 Å². The first-order chi connectivity index (χ1) is 17.1. The Balaban J connectivity index is 1.75. The topological polar surface area (TPSA) is 72.9 Å². The highest BCUT2D eigenvalue weighted by molar-refractivity contribution is 6.32. The Kier molecular flexibility index (Phi) is 7.28. The number of aromatic nitrogens is 4.